The Balaban J connectivity index is 2.31. The number of benzene rings is 2. The van der Waals surface area contributed by atoms with Crippen LogP contribution < -0.4 is 14.4 Å². The van der Waals surface area contributed by atoms with Crippen LogP contribution in [0.25, 0.3) is 0 Å². The summed E-state index contributed by atoms with van der Waals surface area (Å²) in [5.74, 6) is 0.244. The van der Waals surface area contributed by atoms with Gasteiger partial charge in [-0.25, -0.2) is 8.42 Å². The number of amides is 1. The average molecular weight is 411 g/mol. The highest BCUT2D eigenvalue weighted by atomic mass is 35.5. The molecule has 1 amide bonds. The molecule has 0 aliphatic heterocycles. The van der Waals surface area contributed by atoms with Crippen molar-refractivity contribution in [3.05, 3.63) is 53.1 Å². The van der Waals surface area contributed by atoms with Crippen molar-refractivity contribution >= 4 is 33.2 Å². The first-order valence-electron chi connectivity index (χ1n) is 8.21. The second-order valence-electron chi connectivity index (χ2n) is 7.02. The van der Waals surface area contributed by atoms with Crippen LogP contribution in [0, 0.1) is 0 Å². The summed E-state index contributed by atoms with van der Waals surface area (Å²) in [4.78, 5) is 12.4. The smallest absolute Gasteiger partial charge is 0.264 e. The van der Waals surface area contributed by atoms with Crippen molar-refractivity contribution in [3.63, 3.8) is 0 Å². The minimum atomic E-state index is -3.78. The number of anilines is 1. The summed E-state index contributed by atoms with van der Waals surface area (Å²) in [7, 11) is -0.837. The van der Waals surface area contributed by atoms with Gasteiger partial charge in [-0.3, -0.25) is 9.10 Å². The number of carbonyl (C=O) groups excluding carboxylic acids is 1. The summed E-state index contributed by atoms with van der Waals surface area (Å²) in [6.45, 7) is 5.59. The zero-order chi connectivity index (χ0) is 20.4. The van der Waals surface area contributed by atoms with Crippen molar-refractivity contribution in [2.75, 3.05) is 18.5 Å². The first-order valence-corrected chi connectivity index (χ1v) is 10.0. The quantitative estimate of drug-likeness (QED) is 0.815. The van der Waals surface area contributed by atoms with Crippen molar-refractivity contribution in [3.8, 4) is 5.75 Å². The number of nitrogens with one attached hydrogen (secondary N) is 1. The Labute approximate surface area is 165 Å². The van der Waals surface area contributed by atoms with Gasteiger partial charge in [-0.1, -0.05) is 11.6 Å². The second-order valence-corrected chi connectivity index (χ2v) is 9.39. The van der Waals surface area contributed by atoms with Gasteiger partial charge < -0.3 is 10.1 Å². The van der Waals surface area contributed by atoms with E-state index in [0.29, 0.717) is 11.4 Å². The standard InChI is InChI=1S/C19H23ClN2O4S/c1-19(2,3)21-18(23)16-11-6-13(12-17(16)20)22(4)27(24,25)15-9-7-14(26-5)8-10-15/h6-12H,1-5H3,(H,21,23). The summed E-state index contributed by atoms with van der Waals surface area (Å²) >= 11 is 6.23. The maximum atomic E-state index is 12.8. The van der Waals surface area contributed by atoms with Crippen LogP contribution in [-0.2, 0) is 10.0 Å². The minimum absolute atomic E-state index is 0.122. The lowest BCUT2D eigenvalue weighted by Crippen LogP contribution is -2.40. The second kappa shape index (κ2) is 7.78. The Morgan fingerprint density at radius 2 is 1.70 bits per heavy atom. The fourth-order valence-corrected chi connectivity index (χ4v) is 3.78. The lowest BCUT2D eigenvalue weighted by atomic mass is 10.1. The first kappa shape index (κ1) is 21.1. The van der Waals surface area contributed by atoms with Gasteiger partial charge in [-0.2, -0.15) is 0 Å². The van der Waals surface area contributed by atoms with Gasteiger partial charge in [0.1, 0.15) is 5.75 Å². The molecule has 0 spiro atoms. The van der Waals surface area contributed by atoms with Crippen LogP contribution in [0.2, 0.25) is 5.02 Å². The molecule has 0 fully saturated rings. The van der Waals surface area contributed by atoms with Crippen molar-refractivity contribution in [1.82, 2.24) is 5.32 Å². The zero-order valence-electron chi connectivity index (χ0n) is 15.9. The van der Waals surface area contributed by atoms with Gasteiger partial charge >= 0.3 is 0 Å². The average Bonchev–Trinajstić information content (AvgIpc) is 2.59. The molecule has 0 bridgehead atoms. The molecule has 2 aromatic rings. The minimum Gasteiger partial charge on any atom is -0.497 e. The third-order valence-electron chi connectivity index (χ3n) is 3.77. The Morgan fingerprint density at radius 3 is 2.19 bits per heavy atom. The molecule has 0 heterocycles. The SMILES string of the molecule is COc1ccc(S(=O)(=O)N(C)c2ccc(C(=O)NC(C)(C)C)c(Cl)c2)cc1. The molecule has 0 unspecified atom stereocenters. The highest BCUT2D eigenvalue weighted by molar-refractivity contribution is 7.92. The summed E-state index contributed by atoms with van der Waals surface area (Å²) in [6, 6.07) is 10.6. The van der Waals surface area contributed by atoms with Gasteiger partial charge in [0.15, 0.2) is 0 Å². The molecule has 2 rings (SSSR count). The van der Waals surface area contributed by atoms with Crippen LogP contribution in [-0.4, -0.2) is 34.0 Å². The molecule has 0 saturated heterocycles. The van der Waals surface area contributed by atoms with Crippen molar-refractivity contribution in [2.24, 2.45) is 0 Å². The highest BCUT2D eigenvalue weighted by Gasteiger charge is 2.23. The number of hydrogen-bond donors (Lipinski definition) is 1. The molecule has 0 aliphatic carbocycles. The topological polar surface area (TPSA) is 75.7 Å². The van der Waals surface area contributed by atoms with Gasteiger partial charge in [-0.15, -0.1) is 0 Å². The van der Waals surface area contributed by atoms with Gasteiger partial charge in [0.05, 0.1) is 28.3 Å². The van der Waals surface area contributed by atoms with Crippen molar-refractivity contribution in [2.45, 2.75) is 31.2 Å². The number of nitrogens with zero attached hydrogens (tertiary/aromatic N) is 1. The molecular formula is C19H23ClN2O4S. The van der Waals surface area contributed by atoms with E-state index in [1.807, 2.05) is 20.8 Å². The van der Waals surface area contributed by atoms with Gasteiger partial charge in [0.2, 0.25) is 0 Å². The van der Waals surface area contributed by atoms with E-state index in [0.717, 1.165) is 4.31 Å². The predicted molar refractivity (Wildman–Crippen MR) is 107 cm³/mol. The van der Waals surface area contributed by atoms with Crippen LogP contribution in [0.4, 0.5) is 5.69 Å². The zero-order valence-corrected chi connectivity index (χ0v) is 17.5. The van der Waals surface area contributed by atoms with Crippen LogP contribution >= 0.6 is 11.6 Å². The number of ether oxygens (including phenoxy) is 1. The van der Waals surface area contributed by atoms with E-state index in [1.54, 1.807) is 18.2 Å². The number of rotatable bonds is 5. The van der Waals surface area contributed by atoms with Crippen LogP contribution in [0.5, 0.6) is 5.75 Å². The summed E-state index contributed by atoms with van der Waals surface area (Å²) in [6.07, 6.45) is 0. The highest BCUT2D eigenvalue weighted by Crippen LogP contribution is 2.28. The molecular weight excluding hydrogens is 388 g/mol. The van der Waals surface area contributed by atoms with Crippen LogP contribution in [0.15, 0.2) is 47.4 Å². The molecule has 27 heavy (non-hydrogen) atoms. The van der Waals surface area contributed by atoms with Crippen molar-refractivity contribution in [1.29, 1.82) is 0 Å². The Morgan fingerprint density at radius 1 is 1.11 bits per heavy atom. The Bertz CT molecular complexity index is 935. The van der Waals surface area contributed by atoms with E-state index < -0.39 is 15.6 Å². The normalized spacial score (nSPS) is 11.8. The maximum absolute atomic E-state index is 12.8. The number of sulfonamides is 1. The van der Waals surface area contributed by atoms with E-state index in [2.05, 4.69) is 5.32 Å². The van der Waals surface area contributed by atoms with Crippen LogP contribution in [0.3, 0.4) is 0 Å². The van der Waals surface area contributed by atoms with E-state index >= 15 is 0 Å². The van der Waals surface area contributed by atoms with E-state index in [1.165, 1.54) is 38.4 Å². The summed E-state index contributed by atoms with van der Waals surface area (Å²) < 4.78 is 31.8. The monoisotopic (exact) mass is 410 g/mol. The van der Waals surface area contributed by atoms with Crippen molar-refractivity contribution < 1.29 is 17.9 Å². The lowest BCUT2D eigenvalue weighted by Gasteiger charge is -2.22. The maximum Gasteiger partial charge on any atom is 0.264 e. The fraction of sp³-hybridized carbons (Fsp3) is 0.316. The van der Waals surface area contributed by atoms with Gasteiger partial charge in [0.25, 0.3) is 15.9 Å². The molecule has 146 valence electrons. The molecule has 6 nitrogen and oxygen atoms in total. The van der Waals surface area contributed by atoms with E-state index in [4.69, 9.17) is 16.3 Å². The number of carbonyl (C=O) groups is 1. The number of hydrogen-bond acceptors (Lipinski definition) is 4. The Hall–Kier alpha value is -2.25. The Kier molecular flexibility index (Phi) is 6.07. The largest absolute Gasteiger partial charge is 0.497 e. The van der Waals surface area contributed by atoms with Gasteiger partial charge in [-0.05, 0) is 63.2 Å². The molecule has 0 radical (unpaired) electrons. The number of halogens is 1. The van der Waals surface area contributed by atoms with Gasteiger partial charge in [0, 0.05) is 12.6 Å². The molecule has 0 atom stereocenters. The van der Waals surface area contributed by atoms with E-state index in [9.17, 15) is 13.2 Å². The molecule has 0 aromatic heterocycles. The first-order chi connectivity index (χ1) is 12.5. The van der Waals surface area contributed by atoms with E-state index in [-0.39, 0.29) is 21.4 Å². The number of methoxy groups -OCH3 is 1. The summed E-state index contributed by atoms with van der Waals surface area (Å²) in [5.41, 5.74) is 0.224. The van der Waals surface area contributed by atoms with Crippen LogP contribution in [0.1, 0.15) is 31.1 Å². The molecule has 1 N–H and O–H groups in total. The molecule has 0 saturated carbocycles. The molecule has 2 aromatic carbocycles. The third-order valence-corrected chi connectivity index (χ3v) is 5.88. The molecule has 0 aliphatic rings. The lowest BCUT2D eigenvalue weighted by molar-refractivity contribution is 0.0919. The summed E-state index contributed by atoms with van der Waals surface area (Å²) in [5, 5.41) is 3.00. The fourth-order valence-electron chi connectivity index (χ4n) is 2.34. The predicted octanol–water partition coefficient (Wildman–Crippen LogP) is 3.70. The third kappa shape index (κ3) is 4.93. The molecule has 8 heteroatoms.